The molecule has 0 spiro atoms. The van der Waals surface area contributed by atoms with Crippen LogP contribution >= 0.6 is 0 Å². The predicted octanol–water partition coefficient (Wildman–Crippen LogP) is 2.85. The highest BCUT2D eigenvalue weighted by atomic mass is 16.5. The van der Waals surface area contributed by atoms with Crippen LogP contribution in [-0.2, 0) is 9.53 Å². The number of para-hydroxylation sites is 1. The number of esters is 1. The fraction of sp³-hybridized carbons (Fsp3) is 0.368. The van der Waals surface area contributed by atoms with Gasteiger partial charge < -0.3 is 10.1 Å². The molecule has 138 valence electrons. The topological polar surface area (TPSA) is 90.3 Å². The third-order valence-electron chi connectivity index (χ3n) is 3.78. The summed E-state index contributed by atoms with van der Waals surface area (Å²) in [4.78, 5) is 36.8. The Kier molecular flexibility index (Phi) is 6.66. The minimum atomic E-state index is -0.694. The molecule has 1 aromatic heterocycles. The third kappa shape index (κ3) is 4.56. The Hall–Kier alpha value is -2.96. The number of nitrogens with zero attached hydrogens (tertiary/aromatic N) is 2. The van der Waals surface area contributed by atoms with Crippen molar-refractivity contribution in [3.8, 4) is 5.69 Å². The zero-order valence-electron chi connectivity index (χ0n) is 15.2. The molecule has 0 aliphatic carbocycles. The first-order chi connectivity index (χ1) is 12.5. The van der Waals surface area contributed by atoms with Crippen LogP contribution in [0.3, 0.4) is 0 Å². The molecular weight excluding hydrogens is 334 g/mol. The van der Waals surface area contributed by atoms with E-state index in [1.54, 1.807) is 19.1 Å². The van der Waals surface area contributed by atoms with Gasteiger partial charge in [0.2, 0.25) is 5.91 Å². The highest BCUT2D eigenvalue weighted by Gasteiger charge is 2.20. The monoisotopic (exact) mass is 357 g/mol. The van der Waals surface area contributed by atoms with Crippen molar-refractivity contribution >= 4 is 17.6 Å². The molecule has 2 rings (SSSR count). The van der Waals surface area contributed by atoms with E-state index >= 15 is 0 Å². The number of rotatable bonds is 7. The summed E-state index contributed by atoms with van der Waals surface area (Å²) in [6.07, 6.45) is 1.89. The Bertz CT molecular complexity index is 858. The van der Waals surface area contributed by atoms with E-state index in [1.165, 1.54) is 6.07 Å². The van der Waals surface area contributed by atoms with E-state index in [0.717, 1.165) is 16.7 Å². The van der Waals surface area contributed by atoms with E-state index < -0.39 is 11.5 Å². The minimum Gasteiger partial charge on any atom is -0.461 e. The number of nitrogens with one attached hydrogen (secondary N) is 1. The van der Waals surface area contributed by atoms with Gasteiger partial charge in [0.1, 0.15) is 0 Å². The highest BCUT2D eigenvalue weighted by Crippen LogP contribution is 2.16. The van der Waals surface area contributed by atoms with Gasteiger partial charge in [-0.05, 0) is 31.9 Å². The van der Waals surface area contributed by atoms with E-state index in [0.29, 0.717) is 18.5 Å². The second-order valence-corrected chi connectivity index (χ2v) is 5.82. The summed E-state index contributed by atoms with van der Waals surface area (Å²) in [6, 6.07) is 8.40. The molecule has 0 aliphatic heterocycles. The van der Waals surface area contributed by atoms with Crippen molar-refractivity contribution in [1.29, 1.82) is 0 Å². The van der Waals surface area contributed by atoms with E-state index in [1.807, 2.05) is 26.0 Å². The Balaban J connectivity index is 2.50. The lowest BCUT2D eigenvalue weighted by Crippen LogP contribution is -2.27. The largest absolute Gasteiger partial charge is 0.461 e. The summed E-state index contributed by atoms with van der Waals surface area (Å²) in [5, 5.41) is 6.77. The van der Waals surface area contributed by atoms with E-state index in [-0.39, 0.29) is 23.9 Å². The lowest BCUT2D eigenvalue weighted by Gasteiger charge is -2.13. The zero-order chi connectivity index (χ0) is 19.1. The van der Waals surface area contributed by atoms with Gasteiger partial charge in [0.05, 0.1) is 18.0 Å². The van der Waals surface area contributed by atoms with Gasteiger partial charge in [0.15, 0.2) is 5.69 Å². The van der Waals surface area contributed by atoms with E-state index in [9.17, 15) is 14.4 Å². The Morgan fingerprint density at radius 2 is 1.96 bits per heavy atom. The smallest absolute Gasteiger partial charge is 0.360 e. The number of anilines is 1. The number of aryl methyl sites for hydroxylation is 1. The molecule has 26 heavy (non-hydrogen) atoms. The average Bonchev–Trinajstić information content (AvgIpc) is 2.61. The number of unbranched alkanes of at least 4 members (excludes halogenated alkanes) is 1. The lowest BCUT2D eigenvalue weighted by molar-refractivity contribution is -0.116. The van der Waals surface area contributed by atoms with Gasteiger partial charge in [-0.2, -0.15) is 9.78 Å². The third-order valence-corrected chi connectivity index (χ3v) is 3.78. The van der Waals surface area contributed by atoms with Crippen LogP contribution in [0.4, 0.5) is 5.69 Å². The van der Waals surface area contributed by atoms with Crippen molar-refractivity contribution in [2.45, 2.75) is 40.0 Å². The maximum absolute atomic E-state index is 12.5. The zero-order valence-corrected chi connectivity index (χ0v) is 15.2. The second-order valence-electron chi connectivity index (χ2n) is 5.82. The first-order valence-electron chi connectivity index (χ1n) is 8.65. The molecule has 0 unspecified atom stereocenters. The Labute approximate surface area is 152 Å². The van der Waals surface area contributed by atoms with Crippen molar-refractivity contribution < 1.29 is 14.3 Å². The SMILES string of the molecule is CCCCC(=O)Nc1cc(=O)n(-c2ccccc2C)nc1C(=O)OCC. The maximum atomic E-state index is 12.5. The molecule has 0 bridgehead atoms. The number of carbonyl (C=O) groups excluding carboxylic acids is 2. The standard InChI is InChI=1S/C19H23N3O4/c1-4-6-11-16(23)20-14-12-17(24)22(15-10-8-7-9-13(15)3)21-18(14)19(25)26-5-2/h7-10,12H,4-6,11H2,1-3H3,(H,20,23). The summed E-state index contributed by atoms with van der Waals surface area (Å²) in [5.41, 5.74) is 0.917. The van der Waals surface area contributed by atoms with Crippen LogP contribution in [0.25, 0.3) is 5.69 Å². The normalized spacial score (nSPS) is 10.4. The highest BCUT2D eigenvalue weighted by molar-refractivity contribution is 5.99. The number of hydrogen-bond acceptors (Lipinski definition) is 5. The number of amides is 1. The van der Waals surface area contributed by atoms with Crippen molar-refractivity contribution in [2.24, 2.45) is 0 Å². The lowest BCUT2D eigenvalue weighted by atomic mass is 10.2. The number of ether oxygens (including phenoxy) is 1. The number of aromatic nitrogens is 2. The molecule has 7 heteroatoms. The fourth-order valence-corrected chi connectivity index (χ4v) is 2.43. The molecule has 0 aliphatic rings. The van der Waals surface area contributed by atoms with Gasteiger partial charge in [0, 0.05) is 12.5 Å². The molecule has 0 atom stereocenters. The summed E-state index contributed by atoms with van der Waals surface area (Å²) in [5.74, 6) is -0.965. The summed E-state index contributed by atoms with van der Waals surface area (Å²) in [7, 11) is 0. The molecule has 0 radical (unpaired) electrons. The van der Waals surface area contributed by atoms with Crippen molar-refractivity contribution in [3.63, 3.8) is 0 Å². The summed E-state index contributed by atoms with van der Waals surface area (Å²) < 4.78 is 6.17. The molecule has 1 amide bonds. The van der Waals surface area contributed by atoms with Crippen LogP contribution in [0.15, 0.2) is 35.1 Å². The van der Waals surface area contributed by atoms with Gasteiger partial charge in [-0.1, -0.05) is 31.5 Å². The first kappa shape index (κ1) is 19.4. The predicted molar refractivity (Wildman–Crippen MR) is 98.7 cm³/mol. The van der Waals surface area contributed by atoms with E-state index in [2.05, 4.69) is 10.4 Å². The molecule has 1 N–H and O–H groups in total. The average molecular weight is 357 g/mol. The first-order valence-corrected chi connectivity index (χ1v) is 8.65. The fourth-order valence-electron chi connectivity index (χ4n) is 2.43. The molecule has 0 saturated carbocycles. The molecule has 0 saturated heterocycles. The van der Waals surface area contributed by atoms with Gasteiger partial charge in [-0.15, -0.1) is 0 Å². The van der Waals surface area contributed by atoms with Crippen molar-refractivity contribution in [1.82, 2.24) is 9.78 Å². The number of hydrogen-bond donors (Lipinski definition) is 1. The minimum absolute atomic E-state index is 0.0689. The van der Waals surface area contributed by atoms with Crippen LogP contribution in [0.2, 0.25) is 0 Å². The van der Waals surface area contributed by atoms with Gasteiger partial charge in [0.25, 0.3) is 5.56 Å². The van der Waals surface area contributed by atoms with Crippen molar-refractivity contribution in [2.75, 3.05) is 11.9 Å². The Morgan fingerprint density at radius 1 is 1.23 bits per heavy atom. The quantitative estimate of drug-likeness (QED) is 0.770. The van der Waals surface area contributed by atoms with Gasteiger partial charge in [-0.25, -0.2) is 4.79 Å². The van der Waals surface area contributed by atoms with Crippen LogP contribution in [-0.4, -0.2) is 28.3 Å². The van der Waals surface area contributed by atoms with Gasteiger partial charge in [-0.3, -0.25) is 9.59 Å². The number of carbonyl (C=O) groups is 2. The van der Waals surface area contributed by atoms with Crippen LogP contribution in [0, 0.1) is 6.92 Å². The maximum Gasteiger partial charge on any atom is 0.360 e. The Morgan fingerprint density at radius 3 is 2.62 bits per heavy atom. The second kappa shape index (κ2) is 8.94. The molecule has 7 nitrogen and oxygen atoms in total. The summed E-state index contributed by atoms with van der Waals surface area (Å²) in [6.45, 7) is 5.65. The molecular formula is C19H23N3O4. The molecule has 1 heterocycles. The number of benzene rings is 1. The molecule has 2 aromatic rings. The summed E-state index contributed by atoms with van der Waals surface area (Å²) >= 11 is 0. The van der Waals surface area contributed by atoms with E-state index in [4.69, 9.17) is 4.74 Å². The van der Waals surface area contributed by atoms with Crippen LogP contribution < -0.4 is 10.9 Å². The molecule has 0 fully saturated rings. The van der Waals surface area contributed by atoms with Gasteiger partial charge >= 0.3 is 5.97 Å². The molecule has 1 aromatic carbocycles. The van der Waals surface area contributed by atoms with Crippen molar-refractivity contribution in [3.05, 3.63) is 51.9 Å². The van der Waals surface area contributed by atoms with Crippen LogP contribution in [0.5, 0.6) is 0 Å². The van der Waals surface area contributed by atoms with Crippen LogP contribution in [0.1, 0.15) is 49.2 Å².